The zero-order valence-corrected chi connectivity index (χ0v) is 9.60. The third kappa shape index (κ3) is 2.40. The quantitative estimate of drug-likeness (QED) is 0.799. The zero-order valence-electron chi connectivity index (χ0n) is 9.60. The maximum atomic E-state index is 13.4. The van der Waals surface area contributed by atoms with Crippen LogP contribution in [0.4, 0.5) is 30.2 Å². The molecule has 0 amide bonds. The fraction of sp³-hybridized carbons (Fsp3) is 0.0769. The van der Waals surface area contributed by atoms with E-state index in [0.717, 1.165) is 5.56 Å². The molecule has 0 aromatic heterocycles. The van der Waals surface area contributed by atoms with E-state index in [0.29, 0.717) is 23.5 Å². The molecule has 0 aliphatic carbocycles. The van der Waals surface area contributed by atoms with E-state index in [1.165, 1.54) is 0 Å². The summed E-state index contributed by atoms with van der Waals surface area (Å²) in [6, 6.07) is 6.10. The van der Waals surface area contributed by atoms with Crippen molar-refractivity contribution >= 4 is 17.1 Å². The molecule has 0 saturated heterocycles. The molecule has 2 aromatic carbocycles. The number of nitrogens with two attached hydrogens (primary N) is 1. The van der Waals surface area contributed by atoms with Gasteiger partial charge >= 0.3 is 0 Å². The third-order valence-electron chi connectivity index (χ3n) is 2.55. The average Bonchev–Trinajstić information content (AvgIpc) is 2.28. The first-order valence-corrected chi connectivity index (χ1v) is 5.25. The van der Waals surface area contributed by atoms with Crippen LogP contribution in [0.15, 0.2) is 30.3 Å². The zero-order chi connectivity index (χ0) is 13.3. The summed E-state index contributed by atoms with van der Waals surface area (Å²) in [6.45, 7) is 1.78. The summed E-state index contributed by atoms with van der Waals surface area (Å²) in [5.41, 5.74) is 7.09. The SMILES string of the molecule is Cc1cc(Nc2c(F)cc(F)cc2F)ccc1N. The minimum atomic E-state index is -0.984. The fourth-order valence-electron chi connectivity index (χ4n) is 1.56. The molecule has 0 saturated carbocycles. The van der Waals surface area contributed by atoms with Gasteiger partial charge < -0.3 is 11.1 Å². The summed E-state index contributed by atoms with van der Waals surface area (Å²) in [4.78, 5) is 0. The van der Waals surface area contributed by atoms with Gasteiger partial charge in [0.05, 0.1) is 0 Å². The van der Waals surface area contributed by atoms with Gasteiger partial charge in [0.2, 0.25) is 0 Å². The molecule has 2 aromatic rings. The number of hydrogen-bond donors (Lipinski definition) is 2. The molecule has 0 bridgehead atoms. The van der Waals surface area contributed by atoms with Gasteiger partial charge in [0.15, 0.2) is 11.6 Å². The van der Waals surface area contributed by atoms with Crippen LogP contribution in [0.5, 0.6) is 0 Å². The molecule has 0 atom stereocenters. The van der Waals surface area contributed by atoms with Gasteiger partial charge in [-0.3, -0.25) is 0 Å². The van der Waals surface area contributed by atoms with Crippen molar-refractivity contribution in [1.29, 1.82) is 0 Å². The first-order valence-electron chi connectivity index (χ1n) is 5.25. The molecule has 0 aliphatic rings. The van der Waals surface area contributed by atoms with Gasteiger partial charge in [0.25, 0.3) is 0 Å². The summed E-state index contributed by atoms with van der Waals surface area (Å²) in [5, 5.41) is 2.56. The molecule has 18 heavy (non-hydrogen) atoms. The van der Waals surface area contributed by atoms with Crippen molar-refractivity contribution in [3.63, 3.8) is 0 Å². The highest BCUT2D eigenvalue weighted by molar-refractivity contribution is 5.64. The van der Waals surface area contributed by atoms with Gasteiger partial charge in [-0.1, -0.05) is 0 Å². The predicted molar refractivity (Wildman–Crippen MR) is 65.2 cm³/mol. The maximum Gasteiger partial charge on any atom is 0.152 e. The molecule has 0 aliphatic heterocycles. The highest BCUT2D eigenvalue weighted by Gasteiger charge is 2.11. The van der Waals surface area contributed by atoms with Gasteiger partial charge in [0, 0.05) is 23.5 Å². The van der Waals surface area contributed by atoms with Crippen LogP contribution in [0.2, 0.25) is 0 Å². The van der Waals surface area contributed by atoms with Crippen LogP contribution in [0, 0.1) is 24.4 Å². The van der Waals surface area contributed by atoms with Crippen LogP contribution in [-0.4, -0.2) is 0 Å². The number of nitrogen functional groups attached to an aromatic ring is 1. The first kappa shape index (κ1) is 12.3. The van der Waals surface area contributed by atoms with Crippen LogP contribution in [0.3, 0.4) is 0 Å². The van der Waals surface area contributed by atoms with Crippen molar-refractivity contribution in [2.75, 3.05) is 11.1 Å². The Balaban J connectivity index is 2.37. The normalized spacial score (nSPS) is 10.4. The van der Waals surface area contributed by atoms with Gasteiger partial charge in [0.1, 0.15) is 11.5 Å². The Labute approximate surface area is 102 Å². The largest absolute Gasteiger partial charge is 0.399 e. The summed E-state index contributed by atoms with van der Waals surface area (Å²) in [5.74, 6) is -2.92. The lowest BCUT2D eigenvalue weighted by atomic mass is 10.1. The number of benzene rings is 2. The predicted octanol–water partition coefficient (Wildman–Crippen LogP) is 3.74. The fourth-order valence-corrected chi connectivity index (χ4v) is 1.56. The molecule has 0 heterocycles. The second-order valence-corrected chi connectivity index (χ2v) is 3.94. The lowest BCUT2D eigenvalue weighted by Crippen LogP contribution is -1.99. The van der Waals surface area contributed by atoms with Crippen LogP contribution < -0.4 is 11.1 Å². The van der Waals surface area contributed by atoms with E-state index in [-0.39, 0.29) is 5.69 Å². The monoisotopic (exact) mass is 252 g/mol. The molecule has 94 valence electrons. The minimum Gasteiger partial charge on any atom is -0.399 e. The molecular formula is C13H11F3N2. The van der Waals surface area contributed by atoms with Crippen LogP contribution >= 0.6 is 0 Å². The number of halogens is 3. The average molecular weight is 252 g/mol. The Kier molecular flexibility index (Phi) is 3.14. The van der Waals surface area contributed by atoms with Crippen LogP contribution in [-0.2, 0) is 0 Å². The van der Waals surface area contributed by atoms with Gasteiger partial charge in [-0.15, -0.1) is 0 Å². The third-order valence-corrected chi connectivity index (χ3v) is 2.55. The van der Waals surface area contributed by atoms with Crippen molar-refractivity contribution in [2.24, 2.45) is 0 Å². The Morgan fingerprint density at radius 1 is 1.00 bits per heavy atom. The summed E-state index contributed by atoms with van der Waals surface area (Å²) in [7, 11) is 0. The lowest BCUT2D eigenvalue weighted by Gasteiger charge is -2.10. The smallest absolute Gasteiger partial charge is 0.152 e. The number of rotatable bonds is 2. The molecule has 5 heteroatoms. The highest BCUT2D eigenvalue weighted by atomic mass is 19.1. The van der Waals surface area contributed by atoms with E-state index < -0.39 is 17.5 Å². The molecule has 0 fully saturated rings. The Morgan fingerprint density at radius 3 is 2.17 bits per heavy atom. The number of hydrogen-bond acceptors (Lipinski definition) is 2. The van der Waals surface area contributed by atoms with E-state index in [4.69, 9.17) is 5.73 Å². The van der Waals surface area contributed by atoms with Crippen molar-refractivity contribution in [2.45, 2.75) is 6.92 Å². The van der Waals surface area contributed by atoms with Crippen molar-refractivity contribution in [1.82, 2.24) is 0 Å². The van der Waals surface area contributed by atoms with E-state index in [9.17, 15) is 13.2 Å². The molecular weight excluding hydrogens is 241 g/mol. The Hall–Kier alpha value is -2.17. The van der Waals surface area contributed by atoms with Gasteiger partial charge in [-0.2, -0.15) is 0 Å². The number of nitrogens with one attached hydrogen (secondary N) is 1. The lowest BCUT2D eigenvalue weighted by molar-refractivity contribution is 0.549. The number of anilines is 3. The molecule has 0 spiro atoms. The van der Waals surface area contributed by atoms with E-state index in [2.05, 4.69) is 5.32 Å². The molecule has 2 rings (SSSR count). The first-order chi connectivity index (χ1) is 8.47. The van der Waals surface area contributed by atoms with Crippen molar-refractivity contribution in [3.8, 4) is 0 Å². The topological polar surface area (TPSA) is 38.0 Å². The molecule has 0 unspecified atom stereocenters. The Bertz CT molecular complexity index is 574. The van der Waals surface area contributed by atoms with E-state index >= 15 is 0 Å². The molecule has 2 nitrogen and oxygen atoms in total. The van der Waals surface area contributed by atoms with Gasteiger partial charge in [-0.25, -0.2) is 13.2 Å². The summed E-state index contributed by atoms with van der Waals surface area (Å²) < 4.78 is 39.6. The minimum absolute atomic E-state index is 0.388. The highest BCUT2D eigenvalue weighted by Crippen LogP contribution is 2.26. The molecule has 3 N–H and O–H groups in total. The second-order valence-electron chi connectivity index (χ2n) is 3.94. The summed E-state index contributed by atoms with van der Waals surface area (Å²) in [6.07, 6.45) is 0. The van der Waals surface area contributed by atoms with E-state index in [1.54, 1.807) is 25.1 Å². The standard InChI is InChI=1S/C13H11F3N2/c1-7-4-9(2-3-12(7)17)18-13-10(15)5-8(14)6-11(13)16/h2-6,18H,17H2,1H3. The van der Waals surface area contributed by atoms with Crippen molar-refractivity contribution in [3.05, 3.63) is 53.3 Å². The van der Waals surface area contributed by atoms with Crippen LogP contribution in [0.25, 0.3) is 0 Å². The van der Waals surface area contributed by atoms with E-state index in [1.807, 2.05) is 0 Å². The second kappa shape index (κ2) is 4.60. The number of aryl methyl sites for hydroxylation is 1. The maximum absolute atomic E-state index is 13.4. The van der Waals surface area contributed by atoms with Crippen molar-refractivity contribution < 1.29 is 13.2 Å². The molecule has 0 radical (unpaired) electrons. The summed E-state index contributed by atoms with van der Waals surface area (Å²) >= 11 is 0. The van der Waals surface area contributed by atoms with Crippen LogP contribution in [0.1, 0.15) is 5.56 Å². The Morgan fingerprint density at radius 2 is 1.61 bits per heavy atom. The van der Waals surface area contributed by atoms with Gasteiger partial charge in [-0.05, 0) is 30.7 Å².